The van der Waals surface area contributed by atoms with E-state index in [1.165, 1.54) is 35.7 Å². The molecule has 3 rings (SSSR count). The molecule has 0 bridgehead atoms. The molecule has 0 aromatic heterocycles. The molecule has 1 aromatic rings. The van der Waals surface area contributed by atoms with Crippen molar-refractivity contribution in [2.24, 2.45) is 0 Å². The van der Waals surface area contributed by atoms with E-state index in [1.807, 2.05) is 0 Å². The van der Waals surface area contributed by atoms with Crippen molar-refractivity contribution in [2.45, 2.75) is 62.8 Å². The number of ether oxygens (including phenoxy) is 2. The van der Waals surface area contributed by atoms with Crippen LogP contribution in [-0.2, 0) is 24.3 Å². The Balaban J connectivity index is 1.60. The maximum absolute atomic E-state index is 13.0. The number of nitrogens with zero attached hydrogens (tertiary/aromatic N) is 1. The predicted octanol–water partition coefficient (Wildman–Crippen LogP) is 2.40. The van der Waals surface area contributed by atoms with Gasteiger partial charge in [-0.2, -0.15) is 4.31 Å². The van der Waals surface area contributed by atoms with Crippen molar-refractivity contribution in [3.8, 4) is 0 Å². The SMILES string of the molecule is Cc1ccc(C(=O)OCC(=O)NC2CCCCCCC2)cc1S(=O)(=O)N1CCOCC1. The molecule has 1 amide bonds. The first-order valence-electron chi connectivity index (χ1n) is 11.0. The number of morpholine rings is 1. The molecule has 9 heteroatoms. The van der Waals surface area contributed by atoms with Crippen LogP contribution in [0.4, 0.5) is 0 Å². The first-order chi connectivity index (χ1) is 14.9. The van der Waals surface area contributed by atoms with E-state index in [4.69, 9.17) is 9.47 Å². The molecule has 2 aliphatic rings. The van der Waals surface area contributed by atoms with E-state index in [-0.39, 0.29) is 42.1 Å². The number of esters is 1. The Morgan fingerprint density at radius 2 is 1.74 bits per heavy atom. The highest BCUT2D eigenvalue weighted by molar-refractivity contribution is 7.89. The van der Waals surface area contributed by atoms with E-state index in [0.29, 0.717) is 18.8 Å². The van der Waals surface area contributed by atoms with Crippen molar-refractivity contribution < 1.29 is 27.5 Å². The first-order valence-corrected chi connectivity index (χ1v) is 12.5. The lowest BCUT2D eigenvalue weighted by atomic mass is 9.97. The standard InChI is InChI=1S/C22H32N2O6S/c1-17-9-10-18(15-20(17)31(27,28)24-11-13-29-14-12-24)22(26)30-16-21(25)23-19-7-5-3-2-4-6-8-19/h9-10,15,19H,2-8,11-14,16H2,1H3,(H,23,25). The first kappa shape index (κ1) is 23.7. The van der Waals surface area contributed by atoms with E-state index in [2.05, 4.69) is 5.32 Å². The van der Waals surface area contributed by atoms with Crippen LogP contribution in [0.1, 0.15) is 60.9 Å². The number of carbonyl (C=O) groups excluding carboxylic acids is 2. The fraction of sp³-hybridized carbons (Fsp3) is 0.636. The Labute approximate surface area is 184 Å². The van der Waals surface area contributed by atoms with Gasteiger partial charge >= 0.3 is 5.97 Å². The summed E-state index contributed by atoms with van der Waals surface area (Å²) in [5.74, 6) is -1.04. The second-order valence-electron chi connectivity index (χ2n) is 8.18. The summed E-state index contributed by atoms with van der Waals surface area (Å²) < 4.78 is 37.7. The molecule has 8 nitrogen and oxygen atoms in total. The van der Waals surface area contributed by atoms with Gasteiger partial charge in [0.1, 0.15) is 0 Å². The monoisotopic (exact) mass is 452 g/mol. The van der Waals surface area contributed by atoms with Crippen LogP contribution in [-0.4, -0.2) is 63.6 Å². The summed E-state index contributed by atoms with van der Waals surface area (Å²) in [6.45, 7) is 2.54. The molecule has 1 aromatic carbocycles. The smallest absolute Gasteiger partial charge is 0.338 e. The van der Waals surface area contributed by atoms with Gasteiger partial charge in [-0.1, -0.05) is 38.2 Å². The number of carbonyl (C=O) groups is 2. The maximum Gasteiger partial charge on any atom is 0.338 e. The zero-order chi connectivity index (χ0) is 22.3. The van der Waals surface area contributed by atoms with Crippen LogP contribution in [0.2, 0.25) is 0 Å². The minimum Gasteiger partial charge on any atom is -0.452 e. The predicted molar refractivity (Wildman–Crippen MR) is 115 cm³/mol. The molecule has 1 aliphatic carbocycles. The Bertz CT molecular complexity index is 872. The average molecular weight is 453 g/mol. The molecule has 2 fully saturated rings. The summed E-state index contributed by atoms with van der Waals surface area (Å²) in [6.07, 6.45) is 7.69. The Morgan fingerprint density at radius 3 is 2.42 bits per heavy atom. The lowest BCUT2D eigenvalue weighted by molar-refractivity contribution is -0.125. The minimum atomic E-state index is -3.74. The second-order valence-corrected chi connectivity index (χ2v) is 10.1. The molecule has 31 heavy (non-hydrogen) atoms. The highest BCUT2D eigenvalue weighted by Crippen LogP contribution is 2.23. The molecular formula is C22H32N2O6S. The number of sulfonamides is 1. The molecule has 0 radical (unpaired) electrons. The normalized spacial score (nSPS) is 19.3. The van der Waals surface area contributed by atoms with Crippen molar-refractivity contribution in [3.63, 3.8) is 0 Å². The summed E-state index contributed by atoms with van der Waals surface area (Å²) >= 11 is 0. The molecule has 1 saturated carbocycles. The molecule has 0 atom stereocenters. The van der Waals surface area contributed by atoms with E-state index in [0.717, 1.165) is 25.7 Å². The van der Waals surface area contributed by atoms with Gasteiger partial charge in [0.15, 0.2) is 6.61 Å². The van der Waals surface area contributed by atoms with Crippen LogP contribution in [0.15, 0.2) is 23.1 Å². The van der Waals surface area contributed by atoms with Gasteiger partial charge in [-0.15, -0.1) is 0 Å². The van der Waals surface area contributed by atoms with Crippen molar-refractivity contribution in [3.05, 3.63) is 29.3 Å². The van der Waals surface area contributed by atoms with Crippen LogP contribution in [0, 0.1) is 6.92 Å². The molecule has 1 aliphatic heterocycles. The molecule has 1 heterocycles. The molecule has 1 saturated heterocycles. The third-order valence-corrected chi connectivity index (χ3v) is 7.86. The lowest BCUT2D eigenvalue weighted by Gasteiger charge is -2.26. The fourth-order valence-corrected chi connectivity index (χ4v) is 5.67. The summed E-state index contributed by atoms with van der Waals surface area (Å²) in [5.41, 5.74) is 0.654. The lowest BCUT2D eigenvalue weighted by Crippen LogP contribution is -2.40. The Kier molecular flexibility index (Phi) is 8.45. The summed E-state index contributed by atoms with van der Waals surface area (Å²) in [5, 5.41) is 2.95. The second kappa shape index (κ2) is 11.1. The van der Waals surface area contributed by atoms with Gasteiger partial charge < -0.3 is 14.8 Å². The van der Waals surface area contributed by atoms with Gasteiger partial charge in [-0.05, 0) is 37.5 Å². The van der Waals surface area contributed by atoms with Gasteiger partial charge in [0.25, 0.3) is 5.91 Å². The minimum absolute atomic E-state index is 0.0721. The number of amides is 1. The Morgan fingerprint density at radius 1 is 1.10 bits per heavy atom. The highest BCUT2D eigenvalue weighted by Gasteiger charge is 2.28. The third-order valence-electron chi connectivity index (χ3n) is 5.82. The zero-order valence-corrected chi connectivity index (χ0v) is 18.9. The van der Waals surface area contributed by atoms with Gasteiger partial charge in [0, 0.05) is 19.1 Å². The van der Waals surface area contributed by atoms with Gasteiger partial charge in [-0.25, -0.2) is 13.2 Å². The quantitative estimate of drug-likeness (QED) is 0.665. The number of benzene rings is 1. The van der Waals surface area contributed by atoms with Crippen LogP contribution in [0.5, 0.6) is 0 Å². The third kappa shape index (κ3) is 6.51. The summed E-state index contributed by atoms with van der Waals surface area (Å²) in [6, 6.07) is 4.55. The summed E-state index contributed by atoms with van der Waals surface area (Å²) in [7, 11) is -3.74. The molecule has 1 N–H and O–H groups in total. The van der Waals surface area contributed by atoms with E-state index < -0.39 is 16.0 Å². The van der Waals surface area contributed by atoms with E-state index in [9.17, 15) is 18.0 Å². The van der Waals surface area contributed by atoms with Gasteiger partial charge in [-0.3, -0.25) is 4.79 Å². The van der Waals surface area contributed by atoms with Gasteiger partial charge in [0.2, 0.25) is 10.0 Å². The highest BCUT2D eigenvalue weighted by atomic mass is 32.2. The number of hydrogen-bond acceptors (Lipinski definition) is 6. The number of rotatable bonds is 6. The van der Waals surface area contributed by atoms with Crippen LogP contribution in [0.25, 0.3) is 0 Å². The largest absolute Gasteiger partial charge is 0.452 e. The fourth-order valence-electron chi connectivity index (χ4n) is 4.02. The maximum atomic E-state index is 13.0. The number of hydrogen-bond donors (Lipinski definition) is 1. The Hall–Kier alpha value is -1.97. The molecule has 0 unspecified atom stereocenters. The van der Waals surface area contributed by atoms with E-state index >= 15 is 0 Å². The van der Waals surface area contributed by atoms with Crippen LogP contribution < -0.4 is 5.32 Å². The molecule has 172 valence electrons. The van der Waals surface area contributed by atoms with Crippen molar-refractivity contribution in [2.75, 3.05) is 32.9 Å². The van der Waals surface area contributed by atoms with Crippen molar-refractivity contribution >= 4 is 21.9 Å². The average Bonchev–Trinajstić information content (AvgIpc) is 2.74. The molecular weight excluding hydrogens is 420 g/mol. The van der Waals surface area contributed by atoms with E-state index in [1.54, 1.807) is 13.0 Å². The summed E-state index contributed by atoms with van der Waals surface area (Å²) in [4.78, 5) is 24.8. The molecule has 0 spiro atoms. The topological polar surface area (TPSA) is 102 Å². The number of nitrogens with one attached hydrogen (secondary N) is 1. The van der Waals surface area contributed by atoms with Gasteiger partial charge in [0.05, 0.1) is 23.7 Å². The number of aryl methyl sites for hydroxylation is 1. The van der Waals surface area contributed by atoms with Crippen LogP contribution >= 0.6 is 0 Å². The van der Waals surface area contributed by atoms with Crippen molar-refractivity contribution in [1.82, 2.24) is 9.62 Å². The van der Waals surface area contributed by atoms with Crippen LogP contribution in [0.3, 0.4) is 0 Å². The zero-order valence-electron chi connectivity index (χ0n) is 18.1. The van der Waals surface area contributed by atoms with Crippen molar-refractivity contribution in [1.29, 1.82) is 0 Å².